The fourth-order valence-corrected chi connectivity index (χ4v) is 7.18. The van der Waals surface area contributed by atoms with Crippen LogP contribution >= 0.6 is 12.2 Å². The Morgan fingerprint density at radius 2 is 1.65 bits per heavy atom. The maximum absolute atomic E-state index is 6.25. The van der Waals surface area contributed by atoms with E-state index >= 15 is 0 Å². The highest BCUT2D eigenvalue weighted by atomic mass is 32.1. The quantitative estimate of drug-likeness (QED) is 0.345. The molecule has 1 aliphatic heterocycles. The first-order chi connectivity index (χ1) is 18.1. The molecule has 37 heavy (non-hydrogen) atoms. The van der Waals surface area contributed by atoms with Gasteiger partial charge in [0.25, 0.3) is 0 Å². The van der Waals surface area contributed by atoms with Gasteiger partial charge in [-0.25, -0.2) is 0 Å². The Morgan fingerprint density at radius 1 is 0.919 bits per heavy atom. The number of nitrogens with zero attached hydrogens (tertiary/aromatic N) is 3. The molecule has 3 heterocycles. The minimum atomic E-state index is -0.0246. The lowest BCUT2D eigenvalue weighted by Crippen LogP contribution is -2.29. The zero-order valence-corrected chi connectivity index (χ0v) is 22.8. The van der Waals surface area contributed by atoms with Crippen LogP contribution in [0.1, 0.15) is 98.6 Å². The van der Waals surface area contributed by atoms with Crippen molar-refractivity contribution in [3.05, 3.63) is 77.4 Å². The van der Waals surface area contributed by atoms with Crippen LogP contribution in [0.2, 0.25) is 0 Å². The van der Waals surface area contributed by atoms with Crippen molar-refractivity contribution in [2.75, 3.05) is 4.90 Å². The summed E-state index contributed by atoms with van der Waals surface area (Å²) >= 11 is 5.98. The van der Waals surface area contributed by atoms with Gasteiger partial charge in [-0.05, 0) is 113 Å². The van der Waals surface area contributed by atoms with E-state index in [0.717, 1.165) is 35.1 Å². The van der Waals surface area contributed by atoms with E-state index in [1.165, 1.54) is 61.9 Å². The van der Waals surface area contributed by atoms with Crippen molar-refractivity contribution in [1.29, 1.82) is 0 Å². The summed E-state index contributed by atoms with van der Waals surface area (Å²) in [5, 5.41) is 4.37. The molecule has 0 radical (unpaired) electrons. The molecule has 0 bridgehead atoms. The molecule has 3 aliphatic rings. The minimum absolute atomic E-state index is 0.0209. The van der Waals surface area contributed by atoms with Crippen LogP contribution in [0.25, 0.3) is 0 Å². The first kappa shape index (κ1) is 24.5. The van der Waals surface area contributed by atoms with E-state index in [1.807, 2.05) is 12.3 Å². The van der Waals surface area contributed by atoms with Crippen molar-refractivity contribution in [3.63, 3.8) is 0 Å². The number of ether oxygens (including phenoxy) is 1. The third-order valence-corrected chi connectivity index (χ3v) is 8.91. The fraction of sp³-hybridized carbons (Fsp3) is 0.484. The molecule has 1 saturated heterocycles. The molecule has 5 nitrogen and oxygen atoms in total. The molecule has 0 spiro atoms. The van der Waals surface area contributed by atoms with E-state index in [1.54, 1.807) is 0 Å². The molecule has 2 saturated carbocycles. The number of aromatic nitrogens is 2. The summed E-state index contributed by atoms with van der Waals surface area (Å²) in [6, 6.07) is 17.7. The summed E-state index contributed by atoms with van der Waals surface area (Å²) in [5.74, 6) is 0.946. The second-order valence-corrected chi connectivity index (χ2v) is 11.4. The third-order valence-electron chi connectivity index (χ3n) is 8.60. The monoisotopic (exact) mass is 514 g/mol. The topological polar surface area (TPSA) is 42.3 Å². The van der Waals surface area contributed by atoms with Gasteiger partial charge in [0.1, 0.15) is 5.75 Å². The summed E-state index contributed by atoms with van der Waals surface area (Å²) in [6.45, 7) is 4.56. The van der Waals surface area contributed by atoms with Gasteiger partial charge in [-0.15, -0.1) is 0 Å². The van der Waals surface area contributed by atoms with Crippen LogP contribution in [0, 0.1) is 13.8 Å². The predicted molar refractivity (Wildman–Crippen MR) is 153 cm³/mol. The third kappa shape index (κ3) is 4.76. The SMILES string of the molecule is Cc1cc([C@@H]2[C@H](c3ccccn3)NC(=S)N2c2ccc(OC3CCCC3)cc2)c(C)n1C1CCCCC1. The number of aryl methyl sites for hydroxylation is 1. The highest BCUT2D eigenvalue weighted by Crippen LogP contribution is 2.45. The molecule has 3 aromatic rings. The molecular formula is C31H38N4OS. The largest absolute Gasteiger partial charge is 0.490 e. The molecule has 194 valence electrons. The number of anilines is 1. The Labute approximate surface area is 226 Å². The van der Waals surface area contributed by atoms with Crippen molar-refractivity contribution >= 4 is 23.0 Å². The van der Waals surface area contributed by atoms with Crippen molar-refractivity contribution in [2.24, 2.45) is 0 Å². The molecule has 1 aromatic carbocycles. The Kier molecular flexibility index (Phi) is 6.94. The van der Waals surface area contributed by atoms with Gasteiger partial charge in [-0.3, -0.25) is 4.98 Å². The summed E-state index contributed by atoms with van der Waals surface area (Å²) in [5.41, 5.74) is 6.13. The maximum atomic E-state index is 6.25. The second-order valence-electron chi connectivity index (χ2n) is 11.0. The minimum Gasteiger partial charge on any atom is -0.490 e. The Balaban J connectivity index is 1.37. The Bertz CT molecular complexity index is 1230. The normalized spacial score (nSPS) is 23.0. The summed E-state index contributed by atoms with van der Waals surface area (Å²) < 4.78 is 8.85. The van der Waals surface area contributed by atoms with Gasteiger partial charge in [0.05, 0.1) is 23.9 Å². The summed E-state index contributed by atoms with van der Waals surface area (Å²) in [6.07, 6.45) is 13.6. The van der Waals surface area contributed by atoms with Gasteiger partial charge in [-0.1, -0.05) is 25.3 Å². The molecule has 0 unspecified atom stereocenters. The number of benzene rings is 1. The first-order valence-electron chi connectivity index (χ1n) is 14.1. The highest BCUT2D eigenvalue weighted by molar-refractivity contribution is 7.80. The van der Waals surface area contributed by atoms with Gasteiger partial charge in [-0.2, -0.15) is 0 Å². The second kappa shape index (κ2) is 10.5. The highest BCUT2D eigenvalue weighted by Gasteiger charge is 2.42. The Morgan fingerprint density at radius 3 is 2.35 bits per heavy atom. The van der Waals surface area contributed by atoms with Gasteiger partial charge < -0.3 is 19.5 Å². The predicted octanol–water partition coefficient (Wildman–Crippen LogP) is 7.50. The van der Waals surface area contributed by atoms with Crippen LogP contribution in [-0.4, -0.2) is 20.8 Å². The molecule has 0 amide bonds. The molecule has 6 rings (SSSR count). The molecule has 2 aliphatic carbocycles. The molecule has 3 fully saturated rings. The van der Waals surface area contributed by atoms with Gasteiger partial charge in [0, 0.05) is 29.3 Å². The van der Waals surface area contributed by atoms with Crippen LogP contribution in [0.15, 0.2) is 54.7 Å². The number of nitrogens with one attached hydrogen (secondary N) is 1. The van der Waals surface area contributed by atoms with Gasteiger partial charge in [0.15, 0.2) is 5.11 Å². The molecule has 1 N–H and O–H groups in total. The average molecular weight is 515 g/mol. The zero-order valence-electron chi connectivity index (χ0n) is 22.0. The lowest BCUT2D eigenvalue weighted by Gasteiger charge is -2.30. The number of hydrogen-bond acceptors (Lipinski definition) is 3. The average Bonchev–Trinajstić information content (AvgIpc) is 3.63. The molecule has 6 heteroatoms. The van der Waals surface area contributed by atoms with Crippen molar-refractivity contribution in [3.8, 4) is 5.75 Å². The Hall–Kier alpha value is -2.86. The lowest BCUT2D eigenvalue weighted by atomic mass is 9.94. The maximum Gasteiger partial charge on any atom is 0.174 e. The number of thiocarbonyl (C=S) groups is 1. The van der Waals surface area contributed by atoms with Crippen LogP contribution in [0.4, 0.5) is 5.69 Å². The van der Waals surface area contributed by atoms with E-state index in [2.05, 4.69) is 71.1 Å². The number of rotatable bonds is 6. The van der Waals surface area contributed by atoms with Crippen molar-refractivity contribution in [1.82, 2.24) is 14.9 Å². The molecule has 2 aromatic heterocycles. The van der Waals surface area contributed by atoms with Crippen molar-refractivity contribution < 1.29 is 4.74 Å². The van der Waals surface area contributed by atoms with E-state index in [-0.39, 0.29) is 12.1 Å². The van der Waals surface area contributed by atoms with Crippen molar-refractivity contribution in [2.45, 2.75) is 95.9 Å². The smallest absolute Gasteiger partial charge is 0.174 e. The number of hydrogen-bond donors (Lipinski definition) is 1. The fourth-order valence-electron chi connectivity index (χ4n) is 6.84. The van der Waals surface area contributed by atoms with Crippen LogP contribution in [-0.2, 0) is 0 Å². The first-order valence-corrected chi connectivity index (χ1v) is 14.5. The standard InChI is InChI=1S/C31H38N4OS/c1-21-20-27(22(2)34(21)23-10-4-3-5-11-23)30-29(28-14-8-9-19-32-28)33-31(37)35(30)24-15-17-26(18-16-24)36-25-12-6-7-13-25/h8-9,14-20,23,25,29-30H,3-7,10-13H2,1-2H3,(H,33,37)/t29-,30+/m0/s1. The van der Waals surface area contributed by atoms with Crippen LogP contribution < -0.4 is 15.0 Å². The van der Waals surface area contributed by atoms with E-state index in [0.29, 0.717) is 12.1 Å². The van der Waals surface area contributed by atoms with E-state index in [4.69, 9.17) is 21.9 Å². The van der Waals surface area contributed by atoms with Crippen LogP contribution in [0.5, 0.6) is 5.75 Å². The van der Waals surface area contributed by atoms with E-state index < -0.39 is 0 Å². The van der Waals surface area contributed by atoms with Gasteiger partial charge in [0.2, 0.25) is 0 Å². The lowest BCUT2D eigenvalue weighted by molar-refractivity contribution is 0.210. The summed E-state index contributed by atoms with van der Waals surface area (Å²) in [7, 11) is 0. The van der Waals surface area contributed by atoms with E-state index in [9.17, 15) is 0 Å². The molecular weight excluding hydrogens is 476 g/mol. The summed E-state index contributed by atoms with van der Waals surface area (Å²) in [4.78, 5) is 7.04. The zero-order chi connectivity index (χ0) is 25.4. The molecule has 2 atom stereocenters. The van der Waals surface area contributed by atoms with Gasteiger partial charge >= 0.3 is 0 Å². The van der Waals surface area contributed by atoms with Crippen LogP contribution in [0.3, 0.4) is 0 Å². The number of pyridine rings is 1.